The van der Waals surface area contributed by atoms with Gasteiger partial charge in [0.05, 0.1) is 23.2 Å². The van der Waals surface area contributed by atoms with Crippen molar-refractivity contribution < 1.29 is 9.53 Å². The molecular formula is C24H25N5O2. The van der Waals surface area contributed by atoms with Crippen LogP contribution in [0.4, 0.5) is 0 Å². The van der Waals surface area contributed by atoms with Gasteiger partial charge in [0.1, 0.15) is 5.75 Å². The first-order valence-corrected chi connectivity index (χ1v) is 10.0. The lowest BCUT2D eigenvalue weighted by Gasteiger charge is -2.16. The summed E-state index contributed by atoms with van der Waals surface area (Å²) >= 11 is 0. The Morgan fingerprint density at radius 3 is 2.52 bits per heavy atom. The molecule has 0 bridgehead atoms. The van der Waals surface area contributed by atoms with Crippen molar-refractivity contribution in [1.82, 2.24) is 14.7 Å². The Morgan fingerprint density at radius 1 is 1.16 bits per heavy atom. The van der Waals surface area contributed by atoms with Crippen molar-refractivity contribution in [3.8, 4) is 16.9 Å². The molecule has 31 heavy (non-hydrogen) atoms. The van der Waals surface area contributed by atoms with Crippen LogP contribution in [0.2, 0.25) is 0 Å². The van der Waals surface area contributed by atoms with Crippen molar-refractivity contribution in [1.29, 1.82) is 5.41 Å². The van der Waals surface area contributed by atoms with E-state index in [0.29, 0.717) is 30.1 Å². The van der Waals surface area contributed by atoms with Gasteiger partial charge in [-0.25, -0.2) is 0 Å². The minimum Gasteiger partial charge on any atom is -0.453 e. The summed E-state index contributed by atoms with van der Waals surface area (Å²) in [7, 11) is 1.89. The predicted octanol–water partition coefficient (Wildman–Crippen LogP) is 3.85. The number of amides is 1. The summed E-state index contributed by atoms with van der Waals surface area (Å²) in [5.74, 6) is 0.632. The van der Waals surface area contributed by atoms with Gasteiger partial charge in [-0.05, 0) is 36.6 Å². The van der Waals surface area contributed by atoms with Crippen LogP contribution in [-0.2, 0) is 20.1 Å². The first kappa shape index (κ1) is 20.4. The molecular weight excluding hydrogens is 390 g/mol. The standard InChI is InChI=1S/C24H25N5O2/c1-15(25)23(16(2)26)31-21-6-4-5-19-14-29(24(30)22(19)21)12-17-7-9-18(10-8-17)20-11-27-28(3)13-20/h4-11,13,25H,12,14,26H2,1-3H3. The van der Waals surface area contributed by atoms with E-state index in [0.717, 1.165) is 22.3 Å². The van der Waals surface area contributed by atoms with Gasteiger partial charge < -0.3 is 20.8 Å². The third-order valence-electron chi connectivity index (χ3n) is 5.25. The minimum absolute atomic E-state index is 0.0846. The zero-order valence-electron chi connectivity index (χ0n) is 17.8. The third-order valence-corrected chi connectivity index (χ3v) is 5.25. The number of rotatable bonds is 6. The summed E-state index contributed by atoms with van der Waals surface area (Å²) in [6.07, 6.45) is 3.80. The zero-order chi connectivity index (χ0) is 22.1. The molecule has 4 rings (SSSR count). The molecule has 3 N–H and O–H groups in total. The van der Waals surface area contributed by atoms with Crippen molar-refractivity contribution in [2.45, 2.75) is 26.9 Å². The predicted molar refractivity (Wildman–Crippen MR) is 120 cm³/mol. The number of nitrogens with two attached hydrogens (primary N) is 1. The topological polar surface area (TPSA) is 97.2 Å². The summed E-state index contributed by atoms with van der Waals surface area (Å²) < 4.78 is 7.66. The van der Waals surface area contributed by atoms with Crippen molar-refractivity contribution in [3.63, 3.8) is 0 Å². The first-order chi connectivity index (χ1) is 14.8. The summed E-state index contributed by atoms with van der Waals surface area (Å²) in [5.41, 5.74) is 11.1. The van der Waals surface area contributed by atoms with Gasteiger partial charge in [0.25, 0.3) is 5.91 Å². The van der Waals surface area contributed by atoms with E-state index in [9.17, 15) is 4.79 Å². The highest BCUT2D eigenvalue weighted by Crippen LogP contribution is 2.33. The molecule has 1 aliphatic rings. The lowest BCUT2D eigenvalue weighted by molar-refractivity contribution is 0.0764. The number of hydrogen-bond acceptors (Lipinski definition) is 5. The Balaban J connectivity index is 1.53. The van der Waals surface area contributed by atoms with Crippen molar-refractivity contribution in [2.24, 2.45) is 12.8 Å². The van der Waals surface area contributed by atoms with Crippen LogP contribution in [0.15, 0.2) is 66.3 Å². The van der Waals surface area contributed by atoms with Crippen LogP contribution >= 0.6 is 0 Å². The Hall–Kier alpha value is -3.87. The normalized spacial score (nSPS) is 13.8. The summed E-state index contributed by atoms with van der Waals surface area (Å²) in [4.78, 5) is 15.0. The highest BCUT2D eigenvalue weighted by Gasteiger charge is 2.31. The Bertz CT molecular complexity index is 1190. The SMILES string of the molecule is CC(=N)C(Oc1cccc2c1C(=O)N(Cc1ccc(-c3cnn(C)c3)cc1)C2)=C(C)N. The molecule has 1 aliphatic heterocycles. The molecule has 0 saturated heterocycles. The van der Waals surface area contributed by atoms with E-state index in [1.54, 1.807) is 29.5 Å². The Morgan fingerprint density at radius 2 is 1.90 bits per heavy atom. The highest BCUT2D eigenvalue weighted by molar-refractivity contribution is 6.01. The Labute approximate surface area is 181 Å². The minimum atomic E-state index is -0.0846. The number of ether oxygens (including phenoxy) is 1. The van der Waals surface area contributed by atoms with Crippen LogP contribution in [0.5, 0.6) is 5.75 Å². The average molecular weight is 415 g/mol. The highest BCUT2D eigenvalue weighted by atomic mass is 16.5. The number of nitrogens with one attached hydrogen (secondary N) is 1. The average Bonchev–Trinajstić information content (AvgIpc) is 3.30. The van der Waals surface area contributed by atoms with E-state index in [4.69, 9.17) is 15.9 Å². The van der Waals surface area contributed by atoms with E-state index >= 15 is 0 Å². The number of carbonyl (C=O) groups is 1. The molecule has 3 aromatic rings. The number of benzene rings is 2. The fraction of sp³-hybridized carbons (Fsp3) is 0.208. The maximum Gasteiger partial charge on any atom is 0.258 e. The summed E-state index contributed by atoms with van der Waals surface area (Å²) in [6, 6.07) is 13.7. The fourth-order valence-electron chi connectivity index (χ4n) is 3.76. The van der Waals surface area contributed by atoms with Gasteiger partial charge in [-0.2, -0.15) is 5.10 Å². The van der Waals surface area contributed by atoms with Crippen LogP contribution < -0.4 is 10.5 Å². The van der Waals surface area contributed by atoms with Crippen molar-refractivity contribution in [3.05, 3.63) is 83.0 Å². The first-order valence-electron chi connectivity index (χ1n) is 10.0. The van der Waals surface area contributed by atoms with Crippen LogP contribution in [0.3, 0.4) is 0 Å². The molecule has 1 aromatic heterocycles. The van der Waals surface area contributed by atoms with E-state index < -0.39 is 0 Å². The van der Waals surface area contributed by atoms with E-state index in [1.165, 1.54) is 0 Å². The third kappa shape index (κ3) is 4.07. The van der Waals surface area contributed by atoms with E-state index in [1.807, 2.05) is 55.8 Å². The molecule has 2 aromatic carbocycles. The number of aryl methyl sites for hydroxylation is 1. The summed E-state index contributed by atoms with van der Waals surface area (Å²) in [5, 5.41) is 12.1. The number of allylic oxidation sites excluding steroid dienone is 2. The smallest absolute Gasteiger partial charge is 0.258 e. The fourth-order valence-corrected chi connectivity index (χ4v) is 3.76. The number of hydrogen-bond donors (Lipinski definition) is 2. The molecule has 0 aliphatic carbocycles. The molecule has 0 unspecified atom stereocenters. The lowest BCUT2D eigenvalue weighted by Crippen LogP contribution is -2.23. The molecule has 7 nitrogen and oxygen atoms in total. The molecule has 158 valence electrons. The molecule has 0 radical (unpaired) electrons. The van der Waals surface area contributed by atoms with Crippen molar-refractivity contribution >= 4 is 11.6 Å². The van der Waals surface area contributed by atoms with Crippen molar-refractivity contribution in [2.75, 3.05) is 0 Å². The zero-order valence-corrected chi connectivity index (χ0v) is 17.8. The molecule has 0 spiro atoms. The monoisotopic (exact) mass is 415 g/mol. The molecule has 0 atom stereocenters. The second-order valence-electron chi connectivity index (χ2n) is 7.79. The number of aromatic nitrogens is 2. The maximum absolute atomic E-state index is 13.2. The van der Waals surface area contributed by atoms with E-state index in [-0.39, 0.29) is 17.4 Å². The maximum atomic E-state index is 13.2. The van der Waals surface area contributed by atoms with E-state index in [2.05, 4.69) is 5.10 Å². The van der Waals surface area contributed by atoms with Crippen LogP contribution in [0.25, 0.3) is 11.1 Å². The molecule has 2 heterocycles. The molecule has 7 heteroatoms. The van der Waals surface area contributed by atoms with Gasteiger partial charge in [0.2, 0.25) is 0 Å². The molecule has 0 saturated carbocycles. The number of nitrogens with zero attached hydrogens (tertiary/aromatic N) is 3. The van der Waals surface area contributed by atoms with Gasteiger partial charge in [-0.3, -0.25) is 9.48 Å². The van der Waals surface area contributed by atoms with Crippen LogP contribution in [-0.4, -0.2) is 26.3 Å². The quantitative estimate of drug-likeness (QED) is 0.472. The van der Waals surface area contributed by atoms with Crippen LogP contribution in [0, 0.1) is 5.41 Å². The Kier molecular flexibility index (Phi) is 5.33. The lowest BCUT2D eigenvalue weighted by atomic mass is 10.1. The van der Waals surface area contributed by atoms with Gasteiger partial charge in [-0.1, -0.05) is 36.4 Å². The van der Waals surface area contributed by atoms with Crippen LogP contribution in [0.1, 0.15) is 35.3 Å². The summed E-state index contributed by atoms with van der Waals surface area (Å²) in [6.45, 7) is 4.31. The molecule has 1 amide bonds. The van der Waals surface area contributed by atoms with Gasteiger partial charge in [0, 0.05) is 31.9 Å². The van der Waals surface area contributed by atoms with Gasteiger partial charge in [-0.15, -0.1) is 0 Å². The van der Waals surface area contributed by atoms with Gasteiger partial charge in [0.15, 0.2) is 5.76 Å². The second-order valence-corrected chi connectivity index (χ2v) is 7.79. The largest absolute Gasteiger partial charge is 0.453 e. The number of carbonyl (C=O) groups excluding carboxylic acids is 1. The molecule has 0 fully saturated rings. The number of fused-ring (bicyclic) bond motifs is 1. The van der Waals surface area contributed by atoms with Gasteiger partial charge >= 0.3 is 0 Å². The second kappa shape index (κ2) is 8.10.